The Labute approximate surface area is 161 Å². The van der Waals surface area contributed by atoms with Crippen LogP contribution < -0.4 is 5.43 Å². The summed E-state index contributed by atoms with van der Waals surface area (Å²) >= 11 is 1.06. The van der Waals surface area contributed by atoms with Crippen molar-refractivity contribution in [2.24, 2.45) is 0 Å². The van der Waals surface area contributed by atoms with E-state index in [-0.39, 0.29) is 10.5 Å². The Morgan fingerprint density at radius 2 is 1.54 bits per heavy atom. The highest BCUT2D eigenvalue weighted by Crippen LogP contribution is 2.32. The summed E-state index contributed by atoms with van der Waals surface area (Å²) in [6, 6.07) is 11.0. The highest BCUT2D eigenvalue weighted by Gasteiger charge is 2.17. The molecule has 0 unspecified atom stereocenters. The number of hydrogen-bond acceptors (Lipinski definition) is 2. The molecule has 0 N–H and O–H groups in total. The SMILES string of the molecule is O=c1ccn2cc(Sc3ccc(F)cc3F)ccc2c1-c1c(F)cccc1F. The lowest BCUT2D eigenvalue weighted by Gasteiger charge is -2.11. The van der Waals surface area contributed by atoms with E-state index in [0.29, 0.717) is 10.4 Å². The predicted octanol–water partition coefficient (Wildman–Crippen LogP) is 5.67. The van der Waals surface area contributed by atoms with Crippen molar-refractivity contribution in [3.63, 3.8) is 0 Å². The Balaban J connectivity index is 1.84. The summed E-state index contributed by atoms with van der Waals surface area (Å²) in [4.78, 5) is 13.2. The van der Waals surface area contributed by atoms with E-state index in [9.17, 15) is 22.4 Å². The van der Waals surface area contributed by atoms with Gasteiger partial charge in [-0.05, 0) is 36.4 Å². The summed E-state index contributed by atoms with van der Waals surface area (Å²) in [6.07, 6.45) is 3.06. The number of fused-ring (bicyclic) bond motifs is 1. The van der Waals surface area contributed by atoms with E-state index in [1.54, 1.807) is 12.3 Å². The maximum absolute atomic E-state index is 14.2. The number of benzene rings is 2. The largest absolute Gasteiger partial charge is 0.322 e. The average molecular weight is 401 g/mol. The van der Waals surface area contributed by atoms with Gasteiger partial charge in [0.05, 0.1) is 16.6 Å². The van der Waals surface area contributed by atoms with Gasteiger partial charge < -0.3 is 4.40 Å². The molecule has 0 spiro atoms. The van der Waals surface area contributed by atoms with Gasteiger partial charge >= 0.3 is 0 Å². The first kappa shape index (κ1) is 18.3. The van der Waals surface area contributed by atoms with Crippen LogP contribution in [0.2, 0.25) is 0 Å². The maximum atomic E-state index is 14.2. The third kappa shape index (κ3) is 3.29. The molecule has 0 saturated heterocycles. The van der Waals surface area contributed by atoms with E-state index in [4.69, 9.17) is 0 Å². The normalized spacial score (nSPS) is 11.1. The van der Waals surface area contributed by atoms with Crippen LogP contribution in [0.4, 0.5) is 17.6 Å². The molecule has 0 amide bonds. The second kappa shape index (κ2) is 7.16. The van der Waals surface area contributed by atoms with Crippen molar-refractivity contribution in [3.05, 3.63) is 100 Å². The lowest BCUT2D eigenvalue weighted by Crippen LogP contribution is -2.09. The van der Waals surface area contributed by atoms with Gasteiger partial charge in [0.2, 0.25) is 0 Å². The molecule has 28 heavy (non-hydrogen) atoms. The Kier molecular flexibility index (Phi) is 4.68. The fourth-order valence-electron chi connectivity index (χ4n) is 2.92. The molecule has 0 radical (unpaired) electrons. The summed E-state index contributed by atoms with van der Waals surface area (Å²) < 4.78 is 56.9. The zero-order valence-corrected chi connectivity index (χ0v) is 14.9. The molecular weight excluding hydrogens is 390 g/mol. The van der Waals surface area contributed by atoms with Crippen LogP contribution in [0.25, 0.3) is 16.6 Å². The van der Waals surface area contributed by atoms with Crippen molar-refractivity contribution >= 4 is 17.3 Å². The van der Waals surface area contributed by atoms with Gasteiger partial charge in [0.15, 0.2) is 5.43 Å². The Morgan fingerprint density at radius 1 is 0.786 bits per heavy atom. The van der Waals surface area contributed by atoms with Crippen LogP contribution in [0.15, 0.2) is 81.6 Å². The molecule has 140 valence electrons. The first-order valence-electron chi connectivity index (χ1n) is 8.16. The average Bonchev–Trinajstić information content (AvgIpc) is 2.65. The topological polar surface area (TPSA) is 21.5 Å². The van der Waals surface area contributed by atoms with Gasteiger partial charge in [0.1, 0.15) is 23.3 Å². The van der Waals surface area contributed by atoms with Gasteiger partial charge in [-0.15, -0.1) is 0 Å². The first-order chi connectivity index (χ1) is 13.4. The van der Waals surface area contributed by atoms with Crippen LogP contribution in [0, 0.1) is 23.3 Å². The van der Waals surface area contributed by atoms with E-state index >= 15 is 0 Å². The molecule has 0 atom stereocenters. The van der Waals surface area contributed by atoms with Crippen LogP contribution >= 0.6 is 11.8 Å². The molecule has 0 aliphatic rings. The van der Waals surface area contributed by atoms with Gasteiger partial charge in [0.25, 0.3) is 0 Å². The minimum atomic E-state index is -0.836. The van der Waals surface area contributed by atoms with Gasteiger partial charge in [-0.1, -0.05) is 17.8 Å². The first-order valence-corrected chi connectivity index (χ1v) is 8.98. The molecule has 7 heteroatoms. The molecule has 2 nitrogen and oxygen atoms in total. The highest BCUT2D eigenvalue weighted by atomic mass is 32.2. The molecule has 4 rings (SSSR count). The summed E-state index contributed by atoms with van der Waals surface area (Å²) in [7, 11) is 0. The number of hydrogen-bond donors (Lipinski definition) is 0. The number of nitrogens with zero attached hydrogens (tertiary/aromatic N) is 1. The van der Waals surface area contributed by atoms with Crippen molar-refractivity contribution in [2.75, 3.05) is 0 Å². The Hall–Kier alpha value is -3.06. The van der Waals surface area contributed by atoms with Crippen LogP contribution in [-0.4, -0.2) is 4.40 Å². The summed E-state index contributed by atoms with van der Waals surface area (Å²) in [5.74, 6) is -3.04. The smallest absolute Gasteiger partial charge is 0.190 e. The second-order valence-corrected chi connectivity index (χ2v) is 7.10. The van der Waals surface area contributed by atoms with Crippen molar-refractivity contribution < 1.29 is 17.6 Å². The molecule has 2 aromatic carbocycles. The van der Waals surface area contributed by atoms with Gasteiger partial charge in [-0.3, -0.25) is 4.79 Å². The predicted molar refractivity (Wildman–Crippen MR) is 99.5 cm³/mol. The minimum Gasteiger partial charge on any atom is -0.322 e. The van der Waals surface area contributed by atoms with Gasteiger partial charge in [0, 0.05) is 34.3 Å². The number of aromatic nitrogens is 1. The molecule has 4 aromatic rings. The van der Waals surface area contributed by atoms with E-state index < -0.39 is 34.3 Å². The molecule has 0 fully saturated rings. The lowest BCUT2D eigenvalue weighted by atomic mass is 10.0. The molecule has 2 aromatic heterocycles. The molecule has 0 aliphatic heterocycles. The van der Waals surface area contributed by atoms with E-state index in [1.165, 1.54) is 34.9 Å². The van der Waals surface area contributed by atoms with Crippen molar-refractivity contribution in [2.45, 2.75) is 9.79 Å². The van der Waals surface area contributed by atoms with Crippen molar-refractivity contribution in [1.82, 2.24) is 4.40 Å². The number of rotatable bonds is 3. The third-order valence-electron chi connectivity index (χ3n) is 4.17. The summed E-state index contributed by atoms with van der Waals surface area (Å²) in [5.41, 5.74) is -0.701. The van der Waals surface area contributed by atoms with Crippen LogP contribution in [-0.2, 0) is 0 Å². The molecule has 2 heterocycles. The zero-order valence-electron chi connectivity index (χ0n) is 14.1. The molecule has 0 bridgehead atoms. The Morgan fingerprint density at radius 3 is 2.25 bits per heavy atom. The van der Waals surface area contributed by atoms with E-state index in [0.717, 1.165) is 36.0 Å². The quantitative estimate of drug-likeness (QED) is 0.412. The Bertz CT molecular complexity index is 1250. The van der Waals surface area contributed by atoms with Crippen molar-refractivity contribution in [3.8, 4) is 11.1 Å². The standard InChI is InChI=1S/C21H11F4NOS/c22-12-4-7-19(16(25)10-12)28-13-5-6-17-21(18(27)8-9-26(17)11-13)20-14(23)2-1-3-15(20)24/h1-11H. The summed E-state index contributed by atoms with van der Waals surface area (Å²) in [5, 5.41) is 0. The second-order valence-electron chi connectivity index (χ2n) is 5.99. The lowest BCUT2D eigenvalue weighted by molar-refractivity contribution is 0.565. The number of pyridine rings is 2. The van der Waals surface area contributed by atoms with E-state index in [1.807, 2.05) is 0 Å². The van der Waals surface area contributed by atoms with Crippen LogP contribution in [0.5, 0.6) is 0 Å². The van der Waals surface area contributed by atoms with Crippen LogP contribution in [0.3, 0.4) is 0 Å². The molecular formula is C21H11F4NOS. The molecule has 0 saturated carbocycles. The fraction of sp³-hybridized carbons (Fsp3) is 0. The minimum absolute atomic E-state index is 0.0948. The monoisotopic (exact) mass is 401 g/mol. The fourth-order valence-corrected chi connectivity index (χ4v) is 3.77. The zero-order chi connectivity index (χ0) is 19.8. The third-order valence-corrected chi connectivity index (χ3v) is 5.20. The number of halogens is 4. The van der Waals surface area contributed by atoms with Crippen LogP contribution in [0.1, 0.15) is 0 Å². The van der Waals surface area contributed by atoms with Gasteiger partial charge in [-0.25, -0.2) is 17.6 Å². The van der Waals surface area contributed by atoms with Gasteiger partial charge in [-0.2, -0.15) is 0 Å². The maximum Gasteiger partial charge on any atom is 0.190 e. The van der Waals surface area contributed by atoms with E-state index in [2.05, 4.69) is 0 Å². The summed E-state index contributed by atoms with van der Waals surface area (Å²) in [6.45, 7) is 0. The molecule has 0 aliphatic carbocycles. The van der Waals surface area contributed by atoms with Crippen molar-refractivity contribution in [1.29, 1.82) is 0 Å². The highest BCUT2D eigenvalue weighted by molar-refractivity contribution is 7.99.